The van der Waals surface area contributed by atoms with Crippen molar-refractivity contribution in [2.75, 3.05) is 17.7 Å². The molecule has 0 aliphatic heterocycles. The maximum absolute atomic E-state index is 11.8. The van der Waals surface area contributed by atoms with Gasteiger partial charge in [-0.05, 0) is 38.8 Å². The summed E-state index contributed by atoms with van der Waals surface area (Å²) < 4.78 is 5.02. The highest BCUT2D eigenvalue weighted by molar-refractivity contribution is 5.99. The van der Waals surface area contributed by atoms with Gasteiger partial charge in [-0.2, -0.15) is 0 Å². The largest absolute Gasteiger partial charge is 0.462 e. The lowest BCUT2D eigenvalue weighted by molar-refractivity contribution is 0.0527. The fourth-order valence-corrected chi connectivity index (χ4v) is 1.70. The minimum Gasteiger partial charge on any atom is -0.462 e. The van der Waals surface area contributed by atoms with Crippen LogP contribution in [0.3, 0.4) is 0 Å². The van der Waals surface area contributed by atoms with E-state index in [1.807, 2.05) is 0 Å². The van der Waals surface area contributed by atoms with Gasteiger partial charge >= 0.3 is 5.97 Å². The number of hydrogen-bond acceptors (Lipinski definition) is 4. The van der Waals surface area contributed by atoms with E-state index < -0.39 is 0 Å². The van der Waals surface area contributed by atoms with E-state index in [-0.39, 0.29) is 11.5 Å². The molecule has 1 aliphatic rings. The second kappa shape index (κ2) is 4.28. The fraction of sp³-hybridized carbons (Fsp3) is 0.462. The lowest BCUT2D eigenvalue weighted by Crippen LogP contribution is -2.20. The zero-order valence-corrected chi connectivity index (χ0v) is 10.2. The van der Waals surface area contributed by atoms with Crippen LogP contribution in [0.1, 0.15) is 37.0 Å². The molecule has 0 amide bonds. The SMILES string of the molecule is CCOC(=O)c1cccc(N)c1NC1(C)CC1. The van der Waals surface area contributed by atoms with Crippen LogP contribution in [-0.4, -0.2) is 18.1 Å². The molecule has 17 heavy (non-hydrogen) atoms. The van der Waals surface area contributed by atoms with Gasteiger partial charge < -0.3 is 15.8 Å². The number of nitrogens with two attached hydrogens (primary N) is 1. The molecule has 1 aromatic rings. The summed E-state index contributed by atoms with van der Waals surface area (Å²) in [4.78, 5) is 11.8. The van der Waals surface area contributed by atoms with Gasteiger partial charge in [0.05, 0.1) is 23.5 Å². The molecule has 3 N–H and O–H groups in total. The second-order valence-corrected chi connectivity index (χ2v) is 4.68. The lowest BCUT2D eigenvalue weighted by Gasteiger charge is -2.18. The summed E-state index contributed by atoms with van der Waals surface area (Å²) in [6, 6.07) is 5.29. The Balaban J connectivity index is 2.30. The first kappa shape index (κ1) is 11.8. The van der Waals surface area contributed by atoms with E-state index in [9.17, 15) is 4.79 Å². The average Bonchev–Trinajstić information content (AvgIpc) is 3.00. The van der Waals surface area contributed by atoms with E-state index in [0.29, 0.717) is 23.5 Å². The van der Waals surface area contributed by atoms with Crippen molar-refractivity contribution in [2.24, 2.45) is 0 Å². The molecule has 1 fully saturated rings. The number of hydrogen-bond donors (Lipinski definition) is 2. The Morgan fingerprint density at radius 3 is 2.82 bits per heavy atom. The summed E-state index contributed by atoms with van der Waals surface area (Å²) in [6.07, 6.45) is 2.20. The number of carbonyl (C=O) groups excluding carboxylic acids is 1. The smallest absolute Gasteiger partial charge is 0.340 e. The highest BCUT2D eigenvalue weighted by atomic mass is 16.5. The van der Waals surface area contributed by atoms with Crippen LogP contribution >= 0.6 is 0 Å². The third kappa shape index (κ3) is 2.52. The van der Waals surface area contributed by atoms with Crippen LogP contribution in [0.15, 0.2) is 18.2 Å². The Morgan fingerprint density at radius 2 is 2.24 bits per heavy atom. The first-order chi connectivity index (χ1) is 8.06. The molecule has 0 unspecified atom stereocenters. The number of nitrogens with one attached hydrogen (secondary N) is 1. The number of benzene rings is 1. The zero-order chi connectivity index (χ0) is 12.5. The third-order valence-corrected chi connectivity index (χ3v) is 3.02. The number of carbonyl (C=O) groups is 1. The van der Waals surface area contributed by atoms with E-state index in [1.165, 1.54) is 0 Å². The van der Waals surface area contributed by atoms with Gasteiger partial charge in [0.2, 0.25) is 0 Å². The molecule has 0 radical (unpaired) electrons. The molecule has 0 heterocycles. The summed E-state index contributed by atoms with van der Waals surface area (Å²) in [5.41, 5.74) is 7.80. The minimum atomic E-state index is -0.327. The summed E-state index contributed by atoms with van der Waals surface area (Å²) in [5, 5.41) is 3.34. The van der Waals surface area contributed by atoms with Crippen molar-refractivity contribution in [1.82, 2.24) is 0 Å². The average molecular weight is 234 g/mol. The van der Waals surface area contributed by atoms with E-state index in [2.05, 4.69) is 12.2 Å². The molecule has 0 saturated heterocycles. The molecule has 1 aromatic carbocycles. The van der Waals surface area contributed by atoms with Gasteiger partial charge in [0, 0.05) is 5.54 Å². The Kier molecular flexibility index (Phi) is 2.96. The minimum absolute atomic E-state index is 0.0801. The topological polar surface area (TPSA) is 64.3 Å². The van der Waals surface area contributed by atoms with Gasteiger partial charge in [-0.25, -0.2) is 4.79 Å². The number of anilines is 2. The highest BCUT2D eigenvalue weighted by Crippen LogP contribution is 2.40. The number of para-hydroxylation sites is 1. The third-order valence-electron chi connectivity index (χ3n) is 3.02. The van der Waals surface area contributed by atoms with Crippen molar-refractivity contribution in [3.8, 4) is 0 Å². The molecular formula is C13H18N2O2. The van der Waals surface area contributed by atoms with Crippen LogP contribution in [-0.2, 0) is 4.74 Å². The van der Waals surface area contributed by atoms with Crippen LogP contribution in [0.4, 0.5) is 11.4 Å². The van der Waals surface area contributed by atoms with Crippen LogP contribution in [0, 0.1) is 0 Å². The van der Waals surface area contributed by atoms with E-state index in [4.69, 9.17) is 10.5 Å². The molecule has 0 spiro atoms. The maximum Gasteiger partial charge on any atom is 0.340 e. The lowest BCUT2D eigenvalue weighted by atomic mass is 10.1. The molecule has 4 heteroatoms. The Morgan fingerprint density at radius 1 is 1.53 bits per heavy atom. The molecular weight excluding hydrogens is 216 g/mol. The molecule has 0 bridgehead atoms. The van der Waals surface area contributed by atoms with Gasteiger partial charge in [-0.3, -0.25) is 0 Å². The van der Waals surface area contributed by atoms with Crippen molar-refractivity contribution < 1.29 is 9.53 Å². The monoisotopic (exact) mass is 234 g/mol. The second-order valence-electron chi connectivity index (χ2n) is 4.68. The first-order valence-electron chi connectivity index (χ1n) is 5.89. The van der Waals surface area contributed by atoms with Crippen molar-refractivity contribution in [1.29, 1.82) is 0 Å². The molecule has 0 atom stereocenters. The van der Waals surface area contributed by atoms with Gasteiger partial charge in [0.15, 0.2) is 0 Å². The summed E-state index contributed by atoms with van der Waals surface area (Å²) in [7, 11) is 0. The Labute approximate surface area is 101 Å². The molecule has 2 rings (SSSR count). The van der Waals surface area contributed by atoms with Crippen molar-refractivity contribution in [3.05, 3.63) is 23.8 Å². The predicted octanol–water partition coefficient (Wildman–Crippen LogP) is 2.41. The Bertz CT molecular complexity index is 439. The molecule has 1 saturated carbocycles. The van der Waals surface area contributed by atoms with Gasteiger partial charge in [0.1, 0.15) is 0 Å². The maximum atomic E-state index is 11.8. The van der Waals surface area contributed by atoms with Gasteiger partial charge in [-0.15, -0.1) is 0 Å². The molecule has 1 aliphatic carbocycles. The number of ether oxygens (including phenoxy) is 1. The van der Waals surface area contributed by atoms with Crippen LogP contribution in [0.2, 0.25) is 0 Å². The van der Waals surface area contributed by atoms with Crippen molar-refractivity contribution in [3.63, 3.8) is 0 Å². The van der Waals surface area contributed by atoms with Crippen LogP contribution in [0.25, 0.3) is 0 Å². The number of esters is 1. The van der Waals surface area contributed by atoms with E-state index in [0.717, 1.165) is 12.8 Å². The predicted molar refractivity (Wildman–Crippen MR) is 68.1 cm³/mol. The number of nitrogen functional groups attached to an aromatic ring is 1. The highest BCUT2D eigenvalue weighted by Gasteiger charge is 2.38. The molecule has 0 aromatic heterocycles. The van der Waals surface area contributed by atoms with Crippen LogP contribution < -0.4 is 11.1 Å². The summed E-state index contributed by atoms with van der Waals surface area (Å²) >= 11 is 0. The Hall–Kier alpha value is -1.71. The number of rotatable bonds is 4. The van der Waals surface area contributed by atoms with Crippen molar-refractivity contribution >= 4 is 17.3 Å². The summed E-state index contributed by atoms with van der Waals surface area (Å²) in [6.45, 7) is 4.28. The first-order valence-corrected chi connectivity index (χ1v) is 5.89. The molecule has 4 nitrogen and oxygen atoms in total. The summed E-state index contributed by atoms with van der Waals surface area (Å²) in [5.74, 6) is -0.327. The fourth-order valence-electron chi connectivity index (χ4n) is 1.70. The van der Waals surface area contributed by atoms with E-state index in [1.54, 1.807) is 25.1 Å². The van der Waals surface area contributed by atoms with Gasteiger partial charge in [-0.1, -0.05) is 6.07 Å². The van der Waals surface area contributed by atoms with Crippen LogP contribution in [0.5, 0.6) is 0 Å². The normalized spacial score (nSPS) is 16.4. The zero-order valence-electron chi connectivity index (χ0n) is 10.2. The van der Waals surface area contributed by atoms with Gasteiger partial charge in [0.25, 0.3) is 0 Å². The van der Waals surface area contributed by atoms with E-state index >= 15 is 0 Å². The molecule has 92 valence electrons. The van der Waals surface area contributed by atoms with Crippen molar-refractivity contribution in [2.45, 2.75) is 32.2 Å². The standard InChI is InChI=1S/C13H18N2O2/c1-3-17-12(16)9-5-4-6-10(14)11(9)15-13(2)7-8-13/h4-6,15H,3,7-8,14H2,1-2H3. The quantitative estimate of drug-likeness (QED) is 0.620.